The number of amides is 1. The number of thiophene rings is 1. The van der Waals surface area contributed by atoms with Gasteiger partial charge in [0.2, 0.25) is 0 Å². The van der Waals surface area contributed by atoms with Crippen LogP contribution >= 0.6 is 11.3 Å². The van der Waals surface area contributed by atoms with Crippen molar-refractivity contribution in [3.63, 3.8) is 0 Å². The third-order valence-electron chi connectivity index (χ3n) is 1.47. The van der Waals surface area contributed by atoms with Crippen molar-refractivity contribution in [3.8, 4) is 11.8 Å². The lowest BCUT2D eigenvalue weighted by Gasteiger charge is -2.09. The molecule has 1 amide bonds. The highest BCUT2D eigenvalue weighted by atomic mass is 32.1. The van der Waals surface area contributed by atoms with Crippen LogP contribution in [0.1, 0.15) is 14.5 Å². The first-order chi connectivity index (χ1) is 7.13. The summed E-state index contributed by atoms with van der Waals surface area (Å²) >= 11 is 1.36. The van der Waals surface area contributed by atoms with Crippen LogP contribution in [0, 0.1) is 11.8 Å². The van der Waals surface area contributed by atoms with Gasteiger partial charge < -0.3 is 5.73 Å². The molecule has 0 aliphatic heterocycles. The Balaban J connectivity index is 2.71. The summed E-state index contributed by atoms with van der Waals surface area (Å²) in [5.41, 5.74) is 7.91. The van der Waals surface area contributed by atoms with E-state index in [9.17, 15) is 4.79 Å². The van der Waals surface area contributed by atoms with Crippen LogP contribution in [-0.4, -0.2) is 31.6 Å². The molecular formula is C10H13N3OS. The van der Waals surface area contributed by atoms with Crippen LogP contribution < -0.4 is 11.2 Å². The van der Waals surface area contributed by atoms with Crippen molar-refractivity contribution in [1.29, 1.82) is 0 Å². The number of hydrogen-bond acceptors (Lipinski definition) is 4. The third kappa shape index (κ3) is 3.72. The molecule has 1 aromatic rings. The van der Waals surface area contributed by atoms with Gasteiger partial charge in [-0.05, 0) is 12.1 Å². The fourth-order valence-electron chi connectivity index (χ4n) is 0.923. The van der Waals surface area contributed by atoms with Gasteiger partial charge in [0.1, 0.15) is 0 Å². The van der Waals surface area contributed by atoms with Gasteiger partial charge in [-0.15, -0.1) is 11.3 Å². The lowest BCUT2D eigenvalue weighted by Crippen LogP contribution is -2.35. The van der Waals surface area contributed by atoms with E-state index in [-0.39, 0.29) is 5.91 Å². The van der Waals surface area contributed by atoms with E-state index in [2.05, 4.69) is 17.3 Å². The summed E-state index contributed by atoms with van der Waals surface area (Å²) in [7, 11) is 3.53. The fraction of sp³-hybridized carbons (Fsp3) is 0.300. The maximum atomic E-state index is 11.5. The molecule has 80 valence electrons. The molecule has 0 aromatic carbocycles. The molecule has 0 saturated carbocycles. The monoisotopic (exact) mass is 223 g/mol. The highest BCUT2D eigenvalue weighted by Gasteiger charge is 2.08. The Morgan fingerprint density at radius 1 is 1.60 bits per heavy atom. The molecule has 0 spiro atoms. The van der Waals surface area contributed by atoms with Crippen LogP contribution in [0.4, 0.5) is 0 Å². The number of carbonyl (C=O) groups is 1. The van der Waals surface area contributed by atoms with Crippen molar-refractivity contribution in [2.45, 2.75) is 0 Å². The van der Waals surface area contributed by atoms with E-state index >= 15 is 0 Å². The standard InChI is InChI=1S/C10H13N3OS/c1-13(2)12-10(14)9-6-5-8(15-9)4-3-7-11/h5-6H,7,11H2,1-2H3,(H,12,14). The van der Waals surface area contributed by atoms with Crippen LogP contribution in [0.3, 0.4) is 0 Å². The third-order valence-corrected chi connectivity index (χ3v) is 2.47. The molecule has 0 atom stereocenters. The van der Waals surface area contributed by atoms with Gasteiger partial charge in [-0.25, -0.2) is 5.01 Å². The van der Waals surface area contributed by atoms with Crippen molar-refractivity contribution in [1.82, 2.24) is 10.4 Å². The SMILES string of the molecule is CN(C)NC(=O)c1ccc(C#CCN)s1. The first-order valence-corrected chi connectivity index (χ1v) is 5.22. The van der Waals surface area contributed by atoms with Gasteiger partial charge in [0.25, 0.3) is 5.91 Å². The number of nitrogens with two attached hydrogens (primary N) is 1. The zero-order valence-corrected chi connectivity index (χ0v) is 9.52. The van der Waals surface area contributed by atoms with Crippen molar-refractivity contribution >= 4 is 17.2 Å². The van der Waals surface area contributed by atoms with Gasteiger partial charge >= 0.3 is 0 Å². The molecule has 1 aromatic heterocycles. The Labute approximate surface area is 93.0 Å². The van der Waals surface area contributed by atoms with Gasteiger partial charge in [-0.2, -0.15) is 0 Å². The largest absolute Gasteiger partial charge is 0.320 e. The summed E-state index contributed by atoms with van der Waals surface area (Å²) in [6.45, 7) is 0.330. The Hall–Kier alpha value is -1.35. The van der Waals surface area contributed by atoms with E-state index < -0.39 is 0 Å². The van der Waals surface area contributed by atoms with Crippen molar-refractivity contribution in [3.05, 3.63) is 21.9 Å². The molecule has 3 N–H and O–H groups in total. The number of rotatable bonds is 2. The fourth-order valence-corrected chi connectivity index (χ4v) is 1.69. The summed E-state index contributed by atoms with van der Waals surface area (Å²) in [5.74, 6) is 5.51. The number of hydrazine groups is 1. The average molecular weight is 223 g/mol. The average Bonchev–Trinajstić information content (AvgIpc) is 2.62. The minimum Gasteiger partial charge on any atom is -0.320 e. The van der Waals surface area contributed by atoms with Crippen LogP contribution in [0.25, 0.3) is 0 Å². The van der Waals surface area contributed by atoms with Crippen molar-refractivity contribution in [2.75, 3.05) is 20.6 Å². The normalized spacial score (nSPS) is 9.60. The molecule has 0 unspecified atom stereocenters. The molecule has 1 rings (SSSR count). The Kier molecular flexibility index (Phi) is 4.31. The van der Waals surface area contributed by atoms with E-state index in [1.54, 1.807) is 25.2 Å². The van der Waals surface area contributed by atoms with Gasteiger partial charge in [0, 0.05) is 14.1 Å². The zero-order valence-electron chi connectivity index (χ0n) is 8.70. The molecule has 0 saturated heterocycles. The maximum absolute atomic E-state index is 11.5. The second kappa shape index (κ2) is 5.51. The summed E-state index contributed by atoms with van der Waals surface area (Å²) < 4.78 is 0. The van der Waals surface area contributed by atoms with Crippen molar-refractivity contribution in [2.24, 2.45) is 5.73 Å². The molecule has 5 heteroatoms. The zero-order chi connectivity index (χ0) is 11.3. The van der Waals surface area contributed by atoms with Crippen LogP contribution in [-0.2, 0) is 0 Å². The Morgan fingerprint density at radius 2 is 2.33 bits per heavy atom. The molecule has 4 nitrogen and oxygen atoms in total. The van der Waals surface area contributed by atoms with Gasteiger partial charge in [0.15, 0.2) is 0 Å². The first-order valence-electron chi connectivity index (χ1n) is 4.40. The van der Waals surface area contributed by atoms with Gasteiger partial charge in [0.05, 0.1) is 16.3 Å². The molecular weight excluding hydrogens is 210 g/mol. The highest BCUT2D eigenvalue weighted by Crippen LogP contribution is 2.14. The van der Waals surface area contributed by atoms with E-state index in [4.69, 9.17) is 5.73 Å². The van der Waals surface area contributed by atoms with Crippen LogP contribution in [0.15, 0.2) is 12.1 Å². The maximum Gasteiger partial charge on any atom is 0.275 e. The predicted molar refractivity (Wildman–Crippen MR) is 61.4 cm³/mol. The minimum absolute atomic E-state index is 0.120. The molecule has 15 heavy (non-hydrogen) atoms. The topological polar surface area (TPSA) is 58.4 Å². The smallest absolute Gasteiger partial charge is 0.275 e. The van der Waals surface area contributed by atoms with E-state index in [1.807, 2.05) is 6.07 Å². The Morgan fingerprint density at radius 3 is 2.93 bits per heavy atom. The second-order valence-corrected chi connectivity index (χ2v) is 4.09. The number of carbonyl (C=O) groups excluding carboxylic acids is 1. The lowest BCUT2D eigenvalue weighted by atomic mass is 10.4. The van der Waals surface area contributed by atoms with E-state index in [0.29, 0.717) is 11.4 Å². The van der Waals surface area contributed by atoms with E-state index in [0.717, 1.165) is 4.88 Å². The van der Waals surface area contributed by atoms with Crippen LogP contribution in [0.2, 0.25) is 0 Å². The highest BCUT2D eigenvalue weighted by molar-refractivity contribution is 7.14. The predicted octanol–water partition coefficient (Wildman–Crippen LogP) is 0.265. The summed E-state index contributed by atoms with van der Waals surface area (Å²) in [5, 5.41) is 1.60. The molecule has 0 fully saturated rings. The molecule has 0 aliphatic rings. The van der Waals surface area contributed by atoms with Gasteiger partial charge in [-0.3, -0.25) is 10.2 Å². The number of nitrogens with one attached hydrogen (secondary N) is 1. The Bertz CT molecular complexity index is 400. The van der Waals surface area contributed by atoms with Crippen LogP contribution in [0.5, 0.6) is 0 Å². The molecule has 1 heterocycles. The number of nitrogens with zero attached hydrogens (tertiary/aromatic N) is 1. The quantitative estimate of drug-likeness (QED) is 0.559. The van der Waals surface area contributed by atoms with Gasteiger partial charge in [-0.1, -0.05) is 11.8 Å². The summed E-state index contributed by atoms with van der Waals surface area (Å²) in [4.78, 5) is 13.0. The summed E-state index contributed by atoms with van der Waals surface area (Å²) in [6.07, 6.45) is 0. The molecule has 0 aliphatic carbocycles. The van der Waals surface area contributed by atoms with E-state index in [1.165, 1.54) is 11.3 Å². The molecule has 0 radical (unpaired) electrons. The number of hydrogen-bond donors (Lipinski definition) is 2. The first kappa shape index (κ1) is 11.7. The molecule has 0 bridgehead atoms. The second-order valence-electron chi connectivity index (χ2n) is 3.01. The lowest BCUT2D eigenvalue weighted by molar-refractivity contribution is 0.0861. The minimum atomic E-state index is -0.120. The summed E-state index contributed by atoms with van der Waals surface area (Å²) in [6, 6.07) is 3.57. The van der Waals surface area contributed by atoms with Crippen molar-refractivity contribution < 1.29 is 4.79 Å².